The molecule has 0 aliphatic carbocycles. The molecule has 1 heterocycles. The Bertz CT molecular complexity index is 672. The number of hydrogen-bond donors (Lipinski definition) is 1. The number of aromatic nitrogens is 2. The monoisotopic (exact) mass is 355 g/mol. The molecule has 2 aromatic rings. The first kappa shape index (κ1) is 15.1. The quantitative estimate of drug-likeness (QED) is 0.905. The van der Waals surface area contributed by atoms with Gasteiger partial charge in [-0.2, -0.15) is 5.10 Å². The molecule has 0 aliphatic rings. The molecule has 1 N–H and O–H groups in total. The van der Waals surface area contributed by atoms with E-state index in [-0.39, 0.29) is 11.6 Å². The summed E-state index contributed by atoms with van der Waals surface area (Å²) in [6.45, 7) is 4.40. The van der Waals surface area contributed by atoms with Crippen molar-refractivity contribution in [3.8, 4) is 0 Å². The minimum Gasteiger partial charge on any atom is -0.376 e. The van der Waals surface area contributed by atoms with Gasteiger partial charge >= 0.3 is 0 Å². The zero-order valence-electron chi connectivity index (χ0n) is 11.2. The Morgan fingerprint density at radius 2 is 2.15 bits per heavy atom. The molecule has 20 heavy (non-hydrogen) atoms. The Balaban J connectivity index is 2.29. The summed E-state index contributed by atoms with van der Waals surface area (Å²) in [4.78, 5) is 12.0. The number of benzene rings is 1. The molecule has 0 saturated carbocycles. The van der Waals surface area contributed by atoms with Gasteiger partial charge in [0, 0.05) is 11.6 Å². The summed E-state index contributed by atoms with van der Waals surface area (Å²) >= 11 is 9.49. The maximum Gasteiger partial charge on any atom is 0.283 e. The Morgan fingerprint density at radius 1 is 1.45 bits per heavy atom. The molecule has 0 radical (unpaired) electrons. The lowest BCUT2D eigenvalue weighted by Crippen LogP contribution is -2.24. The smallest absolute Gasteiger partial charge is 0.283 e. The standard InChI is InChI=1S/C14H15BrClN3O/c1-3-19-14(20)13(15)12(8-17-19)18-9(2)10-6-4-5-7-11(10)16/h4-9,18H,3H2,1-2H3. The number of halogens is 2. The van der Waals surface area contributed by atoms with Crippen LogP contribution in [0.5, 0.6) is 0 Å². The van der Waals surface area contributed by atoms with Crippen molar-refractivity contribution in [3.05, 3.63) is 55.9 Å². The summed E-state index contributed by atoms with van der Waals surface area (Å²) < 4.78 is 1.88. The van der Waals surface area contributed by atoms with Gasteiger partial charge in [0.2, 0.25) is 0 Å². The van der Waals surface area contributed by atoms with Gasteiger partial charge in [-0.1, -0.05) is 29.8 Å². The molecule has 0 amide bonds. The zero-order valence-corrected chi connectivity index (χ0v) is 13.6. The molecule has 1 unspecified atom stereocenters. The van der Waals surface area contributed by atoms with E-state index in [0.717, 1.165) is 5.56 Å². The van der Waals surface area contributed by atoms with Gasteiger partial charge < -0.3 is 5.32 Å². The molecule has 0 fully saturated rings. The lowest BCUT2D eigenvalue weighted by atomic mass is 10.1. The fraction of sp³-hybridized carbons (Fsp3) is 0.286. The molecule has 1 aromatic carbocycles. The van der Waals surface area contributed by atoms with Crippen molar-refractivity contribution >= 4 is 33.2 Å². The van der Waals surface area contributed by atoms with Crippen LogP contribution < -0.4 is 10.9 Å². The molecule has 2 rings (SSSR count). The second-order valence-corrected chi connectivity index (χ2v) is 5.58. The van der Waals surface area contributed by atoms with Crippen LogP contribution in [0.3, 0.4) is 0 Å². The average molecular weight is 357 g/mol. The van der Waals surface area contributed by atoms with E-state index in [9.17, 15) is 4.79 Å². The fourth-order valence-corrected chi connectivity index (χ4v) is 2.65. The minimum atomic E-state index is -0.149. The van der Waals surface area contributed by atoms with Crippen molar-refractivity contribution in [2.45, 2.75) is 26.4 Å². The lowest BCUT2D eigenvalue weighted by molar-refractivity contribution is 0.612. The van der Waals surface area contributed by atoms with E-state index in [2.05, 4.69) is 26.3 Å². The first-order chi connectivity index (χ1) is 9.54. The van der Waals surface area contributed by atoms with Crippen LogP contribution in [0.15, 0.2) is 39.7 Å². The highest BCUT2D eigenvalue weighted by molar-refractivity contribution is 9.10. The fourth-order valence-electron chi connectivity index (χ4n) is 1.93. The number of nitrogens with one attached hydrogen (secondary N) is 1. The lowest BCUT2D eigenvalue weighted by Gasteiger charge is -2.17. The van der Waals surface area contributed by atoms with Crippen LogP contribution in [0.4, 0.5) is 5.69 Å². The number of aryl methyl sites for hydroxylation is 1. The second-order valence-electron chi connectivity index (χ2n) is 4.38. The van der Waals surface area contributed by atoms with Gasteiger partial charge in [-0.3, -0.25) is 4.79 Å². The number of anilines is 1. The van der Waals surface area contributed by atoms with Crippen LogP contribution in [-0.2, 0) is 6.54 Å². The third kappa shape index (κ3) is 3.04. The number of hydrogen-bond acceptors (Lipinski definition) is 3. The van der Waals surface area contributed by atoms with Crippen molar-refractivity contribution in [1.29, 1.82) is 0 Å². The highest BCUT2D eigenvalue weighted by Crippen LogP contribution is 2.27. The van der Waals surface area contributed by atoms with Gasteiger partial charge in [0.25, 0.3) is 5.56 Å². The Labute approximate surface area is 130 Å². The van der Waals surface area contributed by atoms with Gasteiger partial charge in [0.15, 0.2) is 0 Å². The van der Waals surface area contributed by atoms with Crippen molar-refractivity contribution < 1.29 is 0 Å². The maximum atomic E-state index is 12.0. The summed E-state index contributed by atoms with van der Waals surface area (Å²) in [5.41, 5.74) is 1.48. The molecule has 6 heteroatoms. The van der Waals surface area contributed by atoms with Crippen LogP contribution in [-0.4, -0.2) is 9.78 Å². The third-order valence-corrected chi connectivity index (χ3v) is 4.14. The van der Waals surface area contributed by atoms with Gasteiger partial charge in [0.05, 0.1) is 17.9 Å². The van der Waals surface area contributed by atoms with Gasteiger partial charge in [-0.25, -0.2) is 4.68 Å². The van der Waals surface area contributed by atoms with E-state index in [1.807, 2.05) is 38.1 Å². The van der Waals surface area contributed by atoms with E-state index in [0.29, 0.717) is 21.7 Å². The molecule has 106 valence electrons. The summed E-state index contributed by atoms with van der Waals surface area (Å²) in [5.74, 6) is 0. The van der Waals surface area contributed by atoms with Crippen molar-refractivity contribution in [2.75, 3.05) is 5.32 Å². The second kappa shape index (κ2) is 6.41. The van der Waals surface area contributed by atoms with Crippen LogP contribution in [0.25, 0.3) is 0 Å². The van der Waals surface area contributed by atoms with E-state index < -0.39 is 0 Å². The van der Waals surface area contributed by atoms with E-state index >= 15 is 0 Å². The first-order valence-electron chi connectivity index (χ1n) is 6.31. The van der Waals surface area contributed by atoms with Crippen LogP contribution in [0.1, 0.15) is 25.5 Å². The molecule has 0 aliphatic heterocycles. The summed E-state index contributed by atoms with van der Waals surface area (Å²) in [6.07, 6.45) is 1.64. The molecule has 0 spiro atoms. The van der Waals surface area contributed by atoms with Crippen LogP contribution >= 0.6 is 27.5 Å². The van der Waals surface area contributed by atoms with Crippen LogP contribution in [0, 0.1) is 0 Å². The zero-order chi connectivity index (χ0) is 14.7. The van der Waals surface area contributed by atoms with E-state index in [1.54, 1.807) is 6.20 Å². The number of rotatable bonds is 4. The average Bonchev–Trinajstić information content (AvgIpc) is 2.44. The Hall–Kier alpha value is -1.33. The highest BCUT2D eigenvalue weighted by atomic mass is 79.9. The summed E-state index contributed by atoms with van der Waals surface area (Å²) in [6, 6.07) is 7.59. The first-order valence-corrected chi connectivity index (χ1v) is 7.48. The predicted molar refractivity (Wildman–Crippen MR) is 85.4 cm³/mol. The van der Waals surface area contributed by atoms with E-state index in [1.165, 1.54) is 4.68 Å². The van der Waals surface area contributed by atoms with Gasteiger partial charge in [-0.05, 0) is 41.4 Å². The molecular formula is C14H15BrClN3O. The van der Waals surface area contributed by atoms with Crippen molar-refractivity contribution in [2.24, 2.45) is 0 Å². The Morgan fingerprint density at radius 3 is 2.80 bits per heavy atom. The predicted octanol–water partition coefficient (Wildman–Crippen LogP) is 3.85. The van der Waals surface area contributed by atoms with Crippen molar-refractivity contribution in [3.63, 3.8) is 0 Å². The molecule has 4 nitrogen and oxygen atoms in total. The van der Waals surface area contributed by atoms with E-state index in [4.69, 9.17) is 11.6 Å². The molecule has 0 bridgehead atoms. The minimum absolute atomic E-state index is 0.0290. The Kier molecular flexibility index (Phi) is 4.83. The molecule has 0 saturated heterocycles. The van der Waals surface area contributed by atoms with Gasteiger partial charge in [0.1, 0.15) is 4.47 Å². The maximum absolute atomic E-state index is 12.0. The topological polar surface area (TPSA) is 46.9 Å². The molecular weight excluding hydrogens is 342 g/mol. The molecule has 1 atom stereocenters. The molecule has 1 aromatic heterocycles. The SMILES string of the molecule is CCn1ncc(NC(C)c2ccccc2Cl)c(Br)c1=O. The largest absolute Gasteiger partial charge is 0.376 e. The van der Waals surface area contributed by atoms with Crippen molar-refractivity contribution in [1.82, 2.24) is 9.78 Å². The number of nitrogens with zero attached hydrogens (tertiary/aromatic N) is 2. The third-order valence-electron chi connectivity index (χ3n) is 3.03. The summed E-state index contributed by atoms with van der Waals surface area (Å²) in [7, 11) is 0. The van der Waals surface area contributed by atoms with Crippen LogP contribution in [0.2, 0.25) is 5.02 Å². The highest BCUT2D eigenvalue weighted by Gasteiger charge is 2.13. The summed E-state index contributed by atoms with van der Waals surface area (Å²) in [5, 5.41) is 8.05. The normalized spacial score (nSPS) is 12.2. The van der Waals surface area contributed by atoms with Gasteiger partial charge in [-0.15, -0.1) is 0 Å².